The number of benzene rings is 1. The van der Waals surface area contributed by atoms with Gasteiger partial charge in [-0.25, -0.2) is 0 Å². The molecule has 0 atom stereocenters. The SMILES string of the molecule is C1CCC([PH+](C2CCCCC2)C2CCCCC2)CC1.C1CCC([PH+](C2CCCCC2)C2CCCCC2)CC1.COc1cc[c-]cc1.[Ni][Br]. The zero-order chi connectivity index (χ0) is 33.7. The molecule has 0 unspecified atom stereocenters. The van der Waals surface area contributed by atoms with Gasteiger partial charge in [0.1, 0.15) is 0 Å². The Kier molecular flexibility index (Phi) is 22.3. The number of methoxy groups -OCH3 is 1. The summed E-state index contributed by atoms with van der Waals surface area (Å²) in [6.07, 6.45) is 47.6. The Morgan fingerprint density at radius 2 is 0.646 bits per heavy atom. The first-order valence-corrected chi connectivity index (χ1v) is 27.1. The average molecular weight is 809 g/mol. The van der Waals surface area contributed by atoms with E-state index in [4.69, 9.17) is 4.74 Å². The Hall–Kier alpha value is 0.854. The van der Waals surface area contributed by atoms with Crippen LogP contribution < -0.4 is 4.74 Å². The molecule has 5 heteroatoms. The summed E-state index contributed by atoms with van der Waals surface area (Å²) in [6, 6.07) is 10.2. The van der Waals surface area contributed by atoms with Crippen molar-refractivity contribution in [3.05, 3.63) is 30.3 Å². The molecule has 0 amide bonds. The van der Waals surface area contributed by atoms with Gasteiger partial charge in [0.05, 0.1) is 41.1 Å². The molecule has 6 aliphatic rings. The van der Waals surface area contributed by atoms with Gasteiger partial charge >= 0.3 is 27.9 Å². The molecule has 0 heterocycles. The van der Waals surface area contributed by atoms with Gasteiger partial charge in [-0.15, -0.1) is 12.1 Å². The van der Waals surface area contributed by atoms with Crippen molar-refractivity contribution in [2.75, 3.05) is 7.11 Å². The molecule has 1 aromatic carbocycles. The first-order chi connectivity index (χ1) is 23.8. The van der Waals surface area contributed by atoms with Crippen LogP contribution in [0.15, 0.2) is 24.3 Å². The first-order valence-electron chi connectivity index (χ1n) is 21.2. The zero-order valence-electron chi connectivity index (χ0n) is 31.1. The standard InChI is InChI=1S/2C18H33P.C7H7O.BrH.Ni/c2*1-4-10-16(11-5-1)19(17-12-6-2-7-13-17)18-14-8-3-9-15-18;1-8-7-5-3-2-4-6-7;;/h2*16-18H,1-15H2;3-6H,1H3;1H;/q;;-1;;+1/p+1. The van der Waals surface area contributed by atoms with E-state index in [-0.39, 0.29) is 15.8 Å². The summed E-state index contributed by atoms with van der Waals surface area (Å²) in [4.78, 5) is 0. The fourth-order valence-corrected chi connectivity index (χ4v) is 21.6. The Bertz CT molecular complexity index is 744. The predicted molar refractivity (Wildman–Crippen MR) is 219 cm³/mol. The van der Waals surface area contributed by atoms with Gasteiger partial charge in [-0.1, -0.05) is 38.5 Å². The number of rotatable bonds is 7. The molecule has 7 rings (SSSR count). The predicted octanol–water partition coefficient (Wildman–Crippen LogP) is 14.7. The van der Waals surface area contributed by atoms with Crippen LogP contribution in [0.1, 0.15) is 193 Å². The molecule has 6 aliphatic carbocycles. The van der Waals surface area contributed by atoms with Crippen molar-refractivity contribution in [1.29, 1.82) is 0 Å². The van der Waals surface area contributed by atoms with Crippen LogP contribution in [0.5, 0.6) is 5.75 Å². The molecule has 6 saturated carbocycles. The maximum atomic E-state index is 4.89. The molecule has 1 nitrogen and oxygen atoms in total. The second-order valence-electron chi connectivity index (χ2n) is 16.4. The molecule has 1 aromatic rings. The number of hydrogen-bond acceptors (Lipinski definition) is 1. The molecule has 6 fully saturated rings. The fraction of sp³-hybridized carbons (Fsp3) is 0.860. The summed E-state index contributed by atoms with van der Waals surface area (Å²) in [5.74, 6) is 0.878. The Morgan fingerprint density at radius 1 is 0.438 bits per heavy atom. The summed E-state index contributed by atoms with van der Waals surface area (Å²) < 4.78 is 4.89. The third-order valence-corrected chi connectivity index (χ3v) is 22.5. The van der Waals surface area contributed by atoms with E-state index >= 15 is 0 Å². The van der Waals surface area contributed by atoms with Crippen molar-refractivity contribution in [2.24, 2.45) is 0 Å². The van der Waals surface area contributed by atoms with E-state index in [1.807, 2.05) is 24.3 Å². The van der Waals surface area contributed by atoms with E-state index in [0.717, 1.165) is 5.75 Å². The number of halogens is 1. The van der Waals surface area contributed by atoms with Gasteiger partial charge in [-0.2, -0.15) is 18.2 Å². The third-order valence-electron chi connectivity index (χ3n) is 13.4. The van der Waals surface area contributed by atoms with Crippen LogP contribution in [0.4, 0.5) is 0 Å². The van der Waals surface area contributed by atoms with Crippen molar-refractivity contribution in [1.82, 2.24) is 0 Å². The van der Waals surface area contributed by atoms with Crippen molar-refractivity contribution in [3.63, 3.8) is 0 Å². The second kappa shape index (κ2) is 25.8. The summed E-state index contributed by atoms with van der Waals surface area (Å²) >= 11 is 6.25. The van der Waals surface area contributed by atoms with E-state index in [0.29, 0.717) is 0 Å². The Balaban J connectivity index is 0.000000170. The fourth-order valence-electron chi connectivity index (χ4n) is 11.1. The first kappa shape index (κ1) is 41.6. The van der Waals surface area contributed by atoms with Crippen LogP contribution in [0, 0.1) is 6.07 Å². The minimum atomic E-state index is -0.0465. The molecule has 0 radical (unpaired) electrons. The van der Waals surface area contributed by atoms with Crippen molar-refractivity contribution in [3.8, 4) is 5.75 Å². The normalized spacial score (nSPS) is 24.5. The molecular formula is C43H75BrNiOP2+. The van der Waals surface area contributed by atoms with Crippen LogP contribution in [0.3, 0.4) is 0 Å². The molecule has 0 bridgehead atoms. The number of hydrogen-bond donors (Lipinski definition) is 0. The van der Waals surface area contributed by atoms with E-state index in [9.17, 15) is 0 Å². The quantitative estimate of drug-likeness (QED) is 0.151. The van der Waals surface area contributed by atoms with Crippen LogP contribution in [0.2, 0.25) is 0 Å². The topological polar surface area (TPSA) is 9.23 Å². The Labute approximate surface area is 316 Å². The van der Waals surface area contributed by atoms with E-state index in [2.05, 4.69) is 34.0 Å². The molecule has 279 valence electrons. The van der Waals surface area contributed by atoms with Gasteiger partial charge in [0, 0.05) is 21.6 Å². The second-order valence-corrected chi connectivity index (χ2v) is 23.3. The summed E-state index contributed by atoms with van der Waals surface area (Å²) in [7, 11) is 1.56. The summed E-state index contributed by atoms with van der Waals surface area (Å²) in [6.45, 7) is 0. The van der Waals surface area contributed by atoms with Gasteiger partial charge in [0.15, 0.2) is 0 Å². The molecule has 0 N–H and O–H groups in total. The summed E-state index contributed by atoms with van der Waals surface area (Å²) in [5, 5.41) is 0. The maximum absolute atomic E-state index is 4.89. The van der Waals surface area contributed by atoms with Crippen molar-refractivity contribution >= 4 is 30.1 Å². The van der Waals surface area contributed by atoms with Crippen LogP contribution in [-0.4, -0.2) is 41.1 Å². The molecule has 0 aromatic heterocycles. The van der Waals surface area contributed by atoms with Gasteiger partial charge in [0.25, 0.3) is 0 Å². The average Bonchev–Trinajstić information content (AvgIpc) is 3.19. The van der Waals surface area contributed by atoms with E-state index in [1.54, 1.807) is 200 Å². The zero-order valence-corrected chi connectivity index (χ0v) is 35.7. The number of ether oxygens (including phenoxy) is 1. The summed E-state index contributed by atoms with van der Waals surface area (Å²) in [5.41, 5.74) is 7.36. The van der Waals surface area contributed by atoms with Crippen LogP contribution in [-0.2, 0) is 13.7 Å². The molecule has 0 saturated heterocycles. The van der Waals surface area contributed by atoms with Crippen LogP contribution in [0.25, 0.3) is 0 Å². The van der Waals surface area contributed by atoms with E-state index < -0.39 is 0 Å². The van der Waals surface area contributed by atoms with Crippen molar-refractivity contribution < 1.29 is 18.4 Å². The van der Waals surface area contributed by atoms with Gasteiger partial charge in [-0.05, 0) is 154 Å². The molecular weight excluding hydrogens is 733 g/mol. The monoisotopic (exact) mass is 806 g/mol. The molecule has 0 spiro atoms. The van der Waals surface area contributed by atoms with E-state index in [1.165, 1.54) is 34.0 Å². The van der Waals surface area contributed by atoms with Crippen LogP contribution >= 0.6 is 30.1 Å². The van der Waals surface area contributed by atoms with Gasteiger partial charge in [0.2, 0.25) is 0 Å². The minimum absolute atomic E-state index is 0.0465. The third kappa shape index (κ3) is 14.4. The van der Waals surface area contributed by atoms with Gasteiger partial charge < -0.3 is 4.74 Å². The van der Waals surface area contributed by atoms with Crippen molar-refractivity contribution in [2.45, 2.75) is 227 Å². The molecule has 48 heavy (non-hydrogen) atoms. The van der Waals surface area contributed by atoms with Gasteiger partial charge in [-0.3, -0.25) is 0 Å². The molecule has 0 aliphatic heterocycles. The Morgan fingerprint density at radius 3 is 0.812 bits per heavy atom.